The number of hydrogen-bond acceptors (Lipinski definition) is 3. The van der Waals surface area contributed by atoms with Crippen LogP contribution in [0, 0.1) is 0 Å². The molecule has 4 nitrogen and oxygen atoms in total. The molecular weight excluding hydrogens is 187 g/mol. The molecule has 0 unspecified atom stereocenters. The summed E-state index contributed by atoms with van der Waals surface area (Å²) in [6.45, 7) is 2.94. The zero-order chi connectivity index (χ0) is 9.94. The third-order valence-electron chi connectivity index (χ3n) is 1.46. The molecule has 0 aromatic rings. The predicted molar refractivity (Wildman–Crippen MR) is 57.4 cm³/mol. The smallest absolute Gasteiger partial charge is 0.211 e. The Bertz CT molecular complexity index is 160. The summed E-state index contributed by atoms with van der Waals surface area (Å²) < 4.78 is 0. The standard InChI is InChI=1S/C8H17N2O2P/c1-2-3-4-5-6-9-7-10-8-13(11)12/h7-8,11-12H,2-6H2,1H3. The first-order valence-electron chi connectivity index (χ1n) is 4.46. The average Bonchev–Trinajstić information content (AvgIpc) is 2.09. The largest absolute Gasteiger partial charge is 0.346 e. The molecule has 13 heavy (non-hydrogen) atoms. The molecule has 0 aliphatic carbocycles. The summed E-state index contributed by atoms with van der Waals surface area (Å²) in [6, 6.07) is 0. The van der Waals surface area contributed by atoms with Crippen LogP contribution in [0.2, 0.25) is 0 Å². The van der Waals surface area contributed by atoms with E-state index in [2.05, 4.69) is 16.9 Å². The van der Waals surface area contributed by atoms with Gasteiger partial charge >= 0.3 is 0 Å². The Hall–Kier alpha value is -0.310. The molecule has 0 aromatic carbocycles. The highest BCUT2D eigenvalue weighted by Crippen LogP contribution is 2.16. The summed E-state index contributed by atoms with van der Waals surface area (Å²) >= 11 is 0. The molecular formula is C8H17N2O2P. The minimum Gasteiger partial charge on any atom is -0.346 e. The number of aliphatic imine (C=N–C) groups is 2. The molecule has 0 atom stereocenters. The van der Waals surface area contributed by atoms with Gasteiger partial charge < -0.3 is 9.79 Å². The lowest BCUT2D eigenvalue weighted by atomic mass is 10.2. The lowest BCUT2D eigenvalue weighted by Crippen LogP contribution is -1.82. The van der Waals surface area contributed by atoms with Crippen LogP contribution in [-0.2, 0) is 0 Å². The van der Waals surface area contributed by atoms with Crippen LogP contribution in [-0.4, -0.2) is 28.6 Å². The molecule has 2 N–H and O–H groups in total. The van der Waals surface area contributed by atoms with E-state index in [0.29, 0.717) is 0 Å². The molecule has 0 fully saturated rings. The van der Waals surface area contributed by atoms with E-state index in [9.17, 15) is 0 Å². The number of unbranched alkanes of at least 4 members (excludes halogenated alkanes) is 3. The highest BCUT2D eigenvalue weighted by molar-refractivity contribution is 7.61. The first kappa shape index (κ1) is 12.7. The lowest BCUT2D eigenvalue weighted by molar-refractivity contribution is 0.501. The van der Waals surface area contributed by atoms with Gasteiger partial charge in [-0.25, -0.2) is 4.99 Å². The summed E-state index contributed by atoms with van der Waals surface area (Å²) in [7, 11) is -2.01. The Kier molecular flexibility index (Phi) is 9.54. The summed E-state index contributed by atoms with van der Waals surface area (Å²) in [5.74, 6) is 1.09. The van der Waals surface area contributed by atoms with E-state index in [4.69, 9.17) is 9.79 Å². The molecule has 0 amide bonds. The molecule has 76 valence electrons. The van der Waals surface area contributed by atoms with Gasteiger partial charge in [0.15, 0.2) is 0 Å². The maximum atomic E-state index is 8.43. The van der Waals surface area contributed by atoms with Gasteiger partial charge in [0.05, 0.1) is 5.96 Å². The van der Waals surface area contributed by atoms with E-state index < -0.39 is 8.38 Å². The van der Waals surface area contributed by atoms with Gasteiger partial charge in [0, 0.05) is 6.54 Å². The van der Waals surface area contributed by atoms with E-state index in [0.717, 1.165) is 18.9 Å². The maximum absolute atomic E-state index is 8.43. The van der Waals surface area contributed by atoms with Crippen LogP contribution in [0.5, 0.6) is 0 Å². The third-order valence-corrected chi connectivity index (χ3v) is 1.80. The summed E-state index contributed by atoms with van der Waals surface area (Å²) in [5, 5.41) is 0. The third kappa shape index (κ3) is 11.7. The van der Waals surface area contributed by atoms with Gasteiger partial charge in [-0.3, -0.25) is 4.99 Å². The van der Waals surface area contributed by atoms with Crippen LogP contribution in [0.15, 0.2) is 9.98 Å². The fourth-order valence-electron chi connectivity index (χ4n) is 0.824. The molecule has 0 bridgehead atoms. The molecule has 0 aliphatic heterocycles. The van der Waals surface area contributed by atoms with Gasteiger partial charge in [0.1, 0.15) is 6.34 Å². The van der Waals surface area contributed by atoms with Gasteiger partial charge in [-0.15, -0.1) is 0 Å². The Morgan fingerprint density at radius 2 is 2.00 bits per heavy atom. The zero-order valence-electron chi connectivity index (χ0n) is 7.93. The van der Waals surface area contributed by atoms with E-state index in [-0.39, 0.29) is 0 Å². The van der Waals surface area contributed by atoms with Crippen LogP contribution in [0.25, 0.3) is 0 Å². The molecule has 0 saturated carbocycles. The number of hydrogen-bond donors (Lipinski definition) is 2. The van der Waals surface area contributed by atoms with Gasteiger partial charge in [0.25, 0.3) is 0 Å². The van der Waals surface area contributed by atoms with E-state index in [1.165, 1.54) is 25.6 Å². The van der Waals surface area contributed by atoms with Gasteiger partial charge in [-0.1, -0.05) is 26.2 Å². The van der Waals surface area contributed by atoms with Crippen LogP contribution in [0.4, 0.5) is 0 Å². The van der Waals surface area contributed by atoms with Crippen LogP contribution in [0.3, 0.4) is 0 Å². The first-order chi connectivity index (χ1) is 6.27. The topological polar surface area (TPSA) is 65.2 Å². The van der Waals surface area contributed by atoms with Crippen molar-refractivity contribution in [3.8, 4) is 0 Å². The fraction of sp³-hybridized carbons (Fsp3) is 0.750. The van der Waals surface area contributed by atoms with Gasteiger partial charge in [0.2, 0.25) is 8.38 Å². The van der Waals surface area contributed by atoms with E-state index in [1.54, 1.807) is 0 Å². The van der Waals surface area contributed by atoms with Crippen molar-refractivity contribution in [3.63, 3.8) is 0 Å². The van der Waals surface area contributed by atoms with Crippen molar-refractivity contribution in [1.29, 1.82) is 0 Å². The Balaban J connectivity index is 3.21. The van der Waals surface area contributed by atoms with Crippen LogP contribution in [0.1, 0.15) is 32.6 Å². The second-order valence-electron chi connectivity index (χ2n) is 2.67. The number of rotatable bonds is 7. The second-order valence-corrected chi connectivity index (χ2v) is 3.54. The highest BCUT2D eigenvalue weighted by Gasteiger charge is 1.86. The van der Waals surface area contributed by atoms with Crippen LogP contribution >= 0.6 is 8.38 Å². The molecule has 0 aromatic heterocycles. The monoisotopic (exact) mass is 204 g/mol. The Morgan fingerprint density at radius 3 is 2.62 bits per heavy atom. The number of nitrogens with zero attached hydrogens (tertiary/aromatic N) is 2. The van der Waals surface area contributed by atoms with E-state index in [1.807, 2.05) is 0 Å². The van der Waals surface area contributed by atoms with E-state index >= 15 is 0 Å². The molecule has 0 saturated heterocycles. The van der Waals surface area contributed by atoms with Crippen LogP contribution < -0.4 is 0 Å². The van der Waals surface area contributed by atoms with Gasteiger partial charge in [-0.05, 0) is 6.42 Å². The quantitative estimate of drug-likeness (QED) is 0.288. The normalized spacial score (nSPS) is 12.3. The first-order valence-corrected chi connectivity index (χ1v) is 5.77. The van der Waals surface area contributed by atoms with Crippen molar-refractivity contribution in [2.75, 3.05) is 6.54 Å². The zero-order valence-corrected chi connectivity index (χ0v) is 8.82. The van der Waals surface area contributed by atoms with Crippen molar-refractivity contribution in [3.05, 3.63) is 0 Å². The molecule has 0 radical (unpaired) electrons. The molecule has 0 heterocycles. The Labute approximate surface area is 80.3 Å². The molecule has 0 rings (SSSR count). The lowest BCUT2D eigenvalue weighted by Gasteiger charge is -1.93. The second kappa shape index (κ2) is 9.78. The molecule has 5 heteroatoms. The molecule has 0 aliphatic rings. The highest BCUT2D eigenvalue weighted by atomic mass is 31.2. The summed E-state index contributed by atoms with van der Waals surface area (Å²) in [6.07, 6.45) is 6.11. The fourth-order valence-corrected chi connectivity index (χ4v) is 1.00. The predicted octanol–water partition coefficient (Wildman–Crippen LogP) is 1.92. The van der Waals surface area contributed by atoms with Crippen molar-refractivity contribution in [2.45, 2.75) is 32.6 Å². The Morgan fingerprint density at radius 1 is 1.23 bits per heavy atom. The molecule has 0 spiro atoms. The van der Waals surface area contributed by atoms with Crippen molar-refractivity contribution < 1.29 is 9.79 Å². The summed E-state index contributed by atoms with van der Waals surface area (Å²) in [4.78, 5) is 24.5. The van der Waals surface area contributed by atoms with Crippen molar-refractivity contribution in [1.82, 2.24) is 0 Å². The average molecular weight is 204 g/mol. The van der Waals surface area contributed by atoms with Crippen molar-refractivity contribution in [2.24, 2.45) is 9.98 Å². The minimum atomic E-state index is -2.01. The van der Waals surface area contributed by atoms with Crippen molar-refractivity contribution >= 4 is 20.7 Å². The SMILES string of the molecule is CCCCCCN=CN=CP(O)O. The summed E-state index contributed by atoms with van der Waals surface area (Å²) in [5.41, 5.74) is 0. The minimum absolute atomic E-state index is 0.770. The van der Waals surface area contributed by atoms with Gasteiger partial charge in [-0.2, -0.15) is 0 Å². The maximum Gasteiger partial charge on any atom is 0.211 e.